The van der Waals surface area contributed by atoms with Gasteiger partial charge in [-0.2, -0.15) is 13.2 Å². The van der Waals surface area contributed by atoms with Crippen LogP contribution in [0.4, 0.5) is 24.8 Å². The van der Waals surface area contributed by atoms with E-state index in [-0.39, 0.29) is 36.6 Å². The van der Waals surface area contributed by atoms with Crippen LogP contribution in [0.25, 0.3) is 10.4 Å². The number of nitrogens with zero attached hydrogens (tertiary/aromatic N) is 9. The largest absolute Gasteiger partial charge is 0.416 e. The quantitative estimate of drug-likeness (QED) is 0.147. The number of anilines is 2. The summed E-state index contributed by atoms with van der Waals surface area (Å²) in [6.07, 6.45) is -0.423. The number of amides is 1. The van der Waals surface area contributed by atoms with Crippen molar-refractivity contribution in [2.24, 2.45) is 18.1 Å². The van der Waals surface area contributed by atoms with Crippen LogP contribution in [-0.4, -0.2) is 69.9 Å². The number of azide groups is 1. The number of benzene rings is 1. The number of ether oxygens (including phenoxy) is 1. The Morgan fingerprint density at radius 2 is 2.07 bits per heavy atom. The maximum atomic E-state index is 14.4. The lowest BCUT2D eigenvalue weighted by Crippen LogP contribution is -2.49. The van der Waals surface area contributed by atoms with E-state index in [0.717, 1.165) is 37.3 Å². The molecule has 0 radical (unpaired) electrons. The number of hydrogen-bond acceptors (Lipinski definition) is 8. The first-order valence-corrected chi connectivity index (χ1v) is 15.0. The molecule has 12 nitrogen and oxygen atoms in total. The van der Waals surface area contributed by atoms with Crippen molar-refractivity contribution in [3.8, 4) is 0 Å². The fourth-order valence-electron chi connectivity index (χ4n) is 6.50. The minimum atomic E-state index is -4.63. The highest BCUT2D eigenvalue weighted by atomic mass is 19.4. The zero-order chi connectivity index (χ0) is 31.8. The summed E-state index contributed by atoms with van der Waals surface area (Å²) in [6, 6.07) is 6.41. The molecule has 1 unspecified atom stereocenters. The van der Waals surface area contributed by atoms with E-state index >= 15 is 0 Å². The molecular weight excluding hydrogens is 589 g/mol. The predicted octanol–water partition coefficient (Wildman–Crippen LogP) is 4.85. The molecular formula is C30H35F3N10O2. The van der Waals surface area contributed by atoms with Crippen molar-refractivity contribution < 1.29 is 22.7 Å². The van der Waals surface area contributed by atoms with Crippen LogP contribution >= 0.6 is 0 Å². The average molecular weight is 625 g/mol. The maximum absolute atomic E-state index is 14.4. The molecule has 5 heterocycles. The highest BCUT2D eigenvalue weighted by molar-refractivity contribution is 6.10. The number of carbonyl (C=O) groups is 1. The number of rotatable bonds is 10. The van der Waals surface area contributed by atoms with E-state index in [1.165, 1.54) is 11.0 Å². The molecule has 3 aromatic rings. The van der Waals surface area contributed by atoms with Crippen LogP contribution in [0.15, 0.2) is 35.7 Å². The molecule has 1 aromatic carbocycles. The minimum absolute atomic E-state index is 0.0471. The van der Waals surface area contributed by atoms with Crippen LogP contribution in [0.2, 0.25) is 0 Å². The van der Waals surface area contributed by atoms with E-state index in [0.29, 0.717) is 43.5 Å². The van der Waals surface area contributed by atoms with Gasteiger partial charge in [0.05, 0.1) is 25.3 Å². The molecule has 2 saturated heterocycles. The number of piperidine rings is 1. The summed E-state index contributed by atoms with van der Waals surface area (Å²) in [5, 5.41) is 14.9. The van der Waals surface area contributed by atoms with E-state index in [1.807, 2.05) is 17.7 Å². The van der Waals surface area contributed by atoms with Gasteiger partial charge in [-0.3, -0.25) is 14.6 Å². The number of nitrogens with one attached hydrogen (secondary N) is 1. The molecule has 1 atom stereocenters. The van der Waals surface area contributed by atoms with Crippen molar-refractivity contribution in [3.63, 3.8) is 0 Å². The fraction of sp³-hybridized carbons (Fsp3) is 0.533. The Kier molecular flexibility index (Phi) is 8.42. The molecule has 3 aliphatic rings. The van der Waals surface area contributed by atoms with Gasteiger partial charge < -0.3 is 14.6 Å². The molecule has 0 spiro atoms. The lowest BCUT2D eigenvalue weighted by molar-refractivity contribution is -0.138. The van der Waals surface area contributed by atoms with Gasteiger partial charge in [-0.15, -0.1) is 10.2 Å². The van der Waals surface area contributed by atoms with Crippen molar-refractivity contribution in [2.45, 2.75) is 50.9 Å². The van der Waals surface area contributed by atoms with E-state index < -0.39 is 23.1 Å². The Labute approximate surface area is 258 Å². The Morgan fingerprint density at radius 1 is 1.24 bits per heavy atom. The number of halogens is 3. The predicted molar refractivity (Wildman–Crippen MR) is 160 cm³/mol. The lowest BCUT2D eigenvalue weighted by atomic mass is 9.75. The summed E-state index contributed by atoms with van der Waals surface area (Å²) < 4.78 is 50.8. The monoisotopic (exact) mass is 624 g/mol. The van der Waals surface area contributed by atoms with Gasteiger partial charge in [0, 0.05) is 55.5 Å². The summed E-state index contributed by atoms with van der Waals surface area (Å²) >= 11 is 0. The molecule has 45 heavy (non-hydrogen) atoms. The first kappa shape index (κ1) is 30.8. The van der Waals surface area contributed by atoms with Gasteiger partial charge in [0.15, 0.2) is 0 Å². The Balaban J connectivity index is 1.36. The molecule has 15 heteroatoms. The number of alkyl halides is 3. The minimum Gasteiger partial charge on any atom is -0.379 e. The second-order valence-electron chi connectivity index (χ2n) is 12.3. The van der Waals surface area contributed by atoms with E-state index in [2.05, 4.69) is 42.3 Å². The first-order valence-electron chi connectivity index (χ1n) is 15.0. The molecule has 0 aliphatic carbocycles. The van der Waals surface area contributed by atoms with Crippen LogP contribution < -0.4 is 10.2 Å². The number of likely N-dealkylation sites (tertiary alicyclic amines) is 1. The SMILES string of the molecule is CC1CCCN(Cc2cc3c(c(C(F)(F)F)c2)CN(c2cc(C4(Cc5nncn5C)COC4)cc(NCCN=[N+]=[N-])n2)C3=O)C1. The van der Waals surface area contributed by atoms with E-state index in [4.69, 9.17) is 10.3 Å². The summed E-state index contributed by atoms with van der Waals surface area (Å²) in [5.74, 6) is 1.31. The maximum Gasteiger partial charge on any atom is 0.416 e. The Morgan fingerprint density at radius 3 is 2.73 bits per heavy atom. The molecule has 0 bridgehead atoms. The molecule has 2 aromatic heterocycles. The zero-order valence-electron chi connectivity index (χ0n) is 25.2. The van der Waals surface area contributed by atoms with Crippen LogP contribution in [0.1, 0.15) is 58.2 Å². The third kappa shape index (κ3) is 6.33. The lowest BCUT2D eigenvalue weighted by Gasteiger charge is -2.42. The van der Waals surface area contributed by atoms with Crippen LogP contribution in [0, 0.1) is 5.92 Å². The molecule has 1 N–H and O–H groups in total. The standard InChI is InChI=1S/C30H35F3N10O2/c1-19-4-3-7-42(13-19)14-20-8-22-23(24(9-20)30(31,32)33)15-43(28(22)44)26-11-21(10-25(38-26)35-5-6-36-40-34)29(16-45-17-29)12-27-39-37-18-41(27)2/h8-11,18-19H,3-7,12-17H2,1-2H3,(H,35,38). The number of hydrogen-bond donors (Lipinski definition) is 1. The molecule has 3 aliphatic heterocycles. The topological polar surface area (TPSA) is 137 Å². The summed E-state index contributed by atoms with van der Waals surface area (Å²) in [5.41, 5.74) is 8.65. The normalized spacial score (nSPS) is 19.6. The Hall–Kier alpha value is -4.20. The third-order valence-electron chi connectivity index (χ3n) is 8.89. The van der Waals surface area contributed by atoms with Gasteiger partial charge in [0.25, 0.3) is 5.91 Å². The second-order valence-corrected chi connectivity index (χ2v) is 12.3. The van der Waals surface area contributed by atoms with Gasteiger partial charge in [-0.05, 0) is 71.8 Å². The van der Waals surface area contributed by atoms with E-state index in [1.54, 1.807) is 18.5 Å². The smallest absolute Gasteiger partial charge is 0.379 e. The molecule has 1 amide bonds. The summed E-state index contributed by atoms with van der Waals surface area (Å²) in [4.78, 5) is 24.8. The highest BCUT2D eigenvalue weighted by Crippen LogP contribution is 2.42. The first-order chi connectivity index (χ1) is 21.6. The van der Waals surface area contributed by atoms with Crippen molar-refractivity contribution in [1.29, 1.82) is 0 Å². The van der Waals surface area contributed by atoms with Crippen molar-refractivity contribution in [2.75, 3.05) is 49.6 Å². The van der Waals surface area contributed by atoms with Crippen molar-refractivity contribution in [1.82, 2.24) is 24.6 Å². The van der Waals surface area contributed by atoms with Gasteiger partial charge in [0.2, 0.25) is 0 Å². The fourth-order valence-corrected chi connectivity index (χ4v) is 6.50. The van der Waals surface area contributed by atoms with E-state index in [9.17, 15) is 18.0 Å². The van der Waals surface area contributed by atoms with Crippen LogP contribution in [-0.2, 0) is 42.9 Å². The summed E-state index contributed by atoms with van der Waals surface area (Å²) in [6.45, 7) is 5.06. The highest BCUT2D eigenvalue weighted by Gasteiger charge is 2.44. The van der Waals surface area contributed by atoms with Crippen LogP contribution in [0.5, 0.6) is 0 Å². The van der Waals surface area contributed by atoms with Gasteiger partial charge in [-0.1, -0.05) is 12.0 Å². The zero-order valence-corrected chi connectivity index (χ0v) is 25.2. The van der Waals surface area contributed by atoms with Crippen molar-refractivity contribution >= 4 is 17.5 Å². The van der Waals surface area contributed by atoms with Gasteiger partial charge in [-0.25, -0.2) is 4.98 Å². The molecule has 6 rings (SSSR count). The number of carbonyl (C=O) groups excluding carboxylic acids is 1. The molecule has 238 valence electrons. The van der Waals surface area contributed by atoms with Crippen LogP contribution in [0.3, 0.4) is 0 Å². The second kappa shape index (κ2) is 12.3. The van der Waals surface area contributed by atoms with Gasteiger partial charge in [0.1, 0.15) is 23.8 Å². The number of pyridine rings is 1. The summed E-state index contributed by atoms with van der Waals surface area (Å²) in [7, 11) is 1.85. The van der Waals surface area contributed by atoms with Crippen molar-refractivity contribution in [3.05, 3.63) is 74.7 Å². The van der Waals surface area contributed by atoms with Gasteiger partial charge >= 0.3 is 6.18 Å². The molecule has 2 fully saturated rings. The number of aromatic nitrogens is 4. The molecule has 0 saturated carbocycles. The number of aryl methyl sites for hydroxylation is 1. The average Bonchev–Trinajstić information content (AvgIpc) is 3.54. The third-order valence-corrected chi connectivity index (χ3v) is 8.89. The number of fused-ring (bicyclic) bond motifs is 1. The Bertz CT molecular complexity index is 1630.